The Morgan fingerprint density at radius 2 is 0.655 bits per heavy atom. The zero-order valence-corrected chi connectivity index (χ0v) is 25.3. The molecule has 0 amide bonds. The standard InChI is InChI=1S/C19H48O6Si4/c1-17(2)14-20-26(7,8)23-29(13,24-27(9,10)21-15-18(3)4)25-28(11,12)22-16-19(5)6/h17-19H,14-16H2,1-13H3. The first kappa shape index (κ1) is 29.6. The Bertz CT molecular complexity index is 405. The molecule has 0 rings (SSSR count). The van der Waals surface area contributed by atoms with Crippen molar-refractivity contribution in [2.45, 2.75) is 87.4 Å². The second-order valence-electron chi connectivity index (χ2n) is 10.5. The van der Waals surface area contributed by atoms with Crippen molar-refractivity contribution in [3.8, 4) is 0 Å². The van der Waals surface area contributed by atoms with E-state index in [1.807, 2.05) is 6.55 Å². The molecule has 0 saturated carbocycles. The smallest absolute Gasteiger partial charge is 0.395 e. The van der Waals surface area contributed by atoms with Gasteiger partial charge in [-0.1, -0.05) is 41.5 Å². The van der Waals surface area contributed by atoms with E-state index in [-0.39, 0.29) is 0 Å². The van der Waals surface area contributed by atoms with Gasteiger partial charge >= 0.3 is 34.5 Å². The molecule has 0 aromatic carbocycles. The fourth-order valence-corrected chi connectivity index (χ4v) is 17.8. The maximum absolute atomic E-state index is 6.58. The van der Waals surface area contributed by atoms with E-state index in [9.17, 15) is 0 Å². The van der Waals surface area contributed by atoms with Gasteiger partial charge in [-0.15, -0.1) is 0 Å². The van der Waals surface area contributed by atoms with Crippen LogP contribution in [0.4, 0.5) is 0 Å². The van der Waals surface area contributed by atoms with Crippen LogP contribution in [0.15, 0.2) is 0 Å². The van der Waals surface area contributed by atoms with E-state index in [1.54, 1.807) is 0 Å². The Balaban J connectivity index is 5.49. The van der Waals surface area contributed by atoms with Crippen molar-refractivity contribution in [2.75, 3.05) is 19.8 Å². The molecule has 0 spiro atoms. The minimum atomic E-state index is -3.06. The van der Waals surface area contributed by atoms with Crippen LogP contribution in [0, 0.1) is 17.8 Å². The molecule has 0 unspecified atom stereocenters. The third-order valence-electron chi connectivity index (χ3n) is 3.59. The first-order chi connectivity index (χ1) is 12.9. The minimum Gasteiger partial charge on any atom is -0.395 e. The quantitative estimate of drug-likeness (QED) is 0.277. The zero-order valence-electron chi connectivity index (χ0n) is 21.3. The van der Waals surface area contributed by atoms with Gasteiger partial charge in [-0.25, -0.2) is 0 Å². The van der Waals surface area contributed by atoms with Gasteiger partial charge in [0.2, 0.25) is 0 Å². The fourth-order valence-electron chi connectivity index (χ4n) is 2.59. The van der Waals surface area contributed by atoms with E-state index in [0.29, 0.717) is 37.6 Å². The average Bonchev–Trinajstić information content (AvgIpc) is 2.47. The van der Waals surface area contributed by atoms with Crippen molar-refractivity contribution < 1.29 is 25.6 Å². The van der Waals surface area contributed by atoms with E-state index in [1.165, 1.54) is 0 Å². The van der Waals surface area contributed by atoms with Crippen molar-refractivity contribution in [2.24, 2.45) is 17.8 Å². The van der Waals surface area contributed by atoms with Crippen LogP contribution in [0.5, 0.6) is 0 Å². The lowest BCUT2D eigenvalue weighted by atomic mass is 10.2. The molecule has 10 heteroatoms. The Morgan fingerprint density at radius 3 is 0.828 bits per heavy atom. The molecule has 0 aliphatic carbocycles. The summed E-state index contributed by atoms with van der Waals surface area (Å²) in [6.45, 7) is 29.1. The molecule has 0 radical (unpaired) electrons. The summed E-state index contributed by atoms with van der Waals surface area (Å²) in [5.74, 6) is 1.33. The molecule has 0 fully saturated rings. The maximum Gasteiger partial charge on any atom is 0.470 e. The van der Waals surface area contributed by atoms with Gasteiger partial charge in [-0.2, -0.15) is 0 Å². The molecule has 6 nitrogen and oxygen atoms in total. The van der Waals surface area contributed by atoms with Gasteiger partial charge in [0.25, 0.3) is 0 Å². The first-order valence-corrected chi connectivity index (χ1v) is 21.6. The summed E-state index contributed by atoms with van der Waals surface area (Å²) in [4.78, 5) is 0. The lowest BCUT2D eigenvalue weighted by Crippen LogP contribution is -2.62. The minimum absolute atomic E-state index is 0.445. The summed E-state index contributed by atoms with van der Waals surface area (Å²) in [6.07, 6.45) is 0. The summed E-state index contributed by atoms with van der Waals surface area (Å²) >= 11 is 0. The second-order valence-corrected chi connectivity index (χ2v) is 23.9. The molecule has 0 aliphatic rings. The van der Waals surface area contributed by atoms with Crippen molar-refractivity contribution in [3.63, 3.8) is 0 Å². The summed E-state index contributed by atoms with van der Waals surface area (Å²) < 4.78 is 38.2. The normalized spacial score (nSPS) is 14.5. The summed E-state index contributed by atoms with van der Waals surface area (Å²) in [5, 5.41) is 0. The number of hydrogen-bond acceptors (Lipinski definition) is 6. The van der Waals surface area contributed by atoms with Gasteiger partial charge in [0.15, 0.2) is 0 Å². The van der Waals surface area contributed by atoms with E-state index in [4.69, 9.17) is 25.6 Å². The van der Waals surface area contributed by atoms with Crippen LogP contribution in [-0.2, 0) is 25.6 Å². The van der Waals surface area contributed by atoms with Crippen LogP contribution in [0.25, 0.3) is 0 Å². The Morgan fingerprint density at radius 1 is 0.448 bits per heavy atom. The summed E-state index contributed by atoms with van der Waals surface area (Å²) in [5.41, 5.74) is 0. The van der Waals surface area contributed by atoms with Gasteiger partial charge in [-0.3, -0.25) is 0 Å². The largest absolute Gasteiger partial charge is 0.470 e. The molecule has 0 heterocycles. The molecular weight excluding hydrogens is 437 g/mol. The molecule has 0 bridgehead atoms. The van der Waals surface area contributed by atoms with Crippen molar-refractivity contribution in [1.29, 1.82) is 0 Å². The predicted molar refractivity (Wildman–Crippen MR) is 130 cm³/mol. The molecule has 0 aromatic rings. The molecule has 0 N–H and O–H groups in total. The molecule has 0 atom stereocenters. The van der Waals surface area contributed by atoms with Gasteiger partial charge in [0.05, 0.1) is 0 Å². The molecule has 0 aliphatic heterocycles. The topological polar surface area (TPSA) is 55.4 Å². The van der Waals surface area contributed by atoms with Gasteiger partial charge < -0.3 is 25.6 Å². The third kappa shape index (κ3) is 15.1. The van der Waals surface area contributed by atoms with E-state index in [2.05, 4.69) is 80.8 Å². The van der Waals surface area contributed by atoms with Crippen molar-refractivity contribution in [1.82, 2.24) is 0 Å². The predicted octanol–water partition coefficient (Wildman–Crippen LogP) is 5.73. The fraction of sp³-hybridized carbons (Fsp3) is 1.00. The number of rotatable bonds is 15. The molecule has 29 heavy (non-hydrogen) atoms. The highest BCUT2D eigenvalue weighted by Gasteiger charge is 2.51. The number of hydrogen-bond donors (Lipinski definition) is 0. The summed E-state index contributed by atoms with van der Waals surface area (Å²) in [7, 11) is -10.4. The van der Waals surface area contributed by atoms with E-state index in [0.717, 1.165) is 0 Å². The van der Waals surface area contributed by atoms with Crippen LogP contribution in [0.3, 0.4) is 0 Å². The SMILES string of the molecule is CC(C)CO[Si](C)(C)O[Si](C)(O[Si](C)(C)OCC(C)C)O[Si](C)(C)OCC(C)C. The highest BCUT2D eigenvalue weighted by Crippen LogP contribution is 2.27. The van der Waals surface area contributed by atoms with Crippen LogP contribution in [-0.4, -0.2) is 54.3 Å². The van der Waals surface area contributed by atoms with Crippen LogP contribution >= 0.6 is 0 Å². The van der Waals surface area contributed by atoms with Crippen LogP contribution in [0.2, 0.25) is 45.8 Å². The zero-order chi connectivity index (χ0) is 23.1. The monoisotopic (exact) mass is 484 g/mol. The summed E-state index contributed by atoms with van der Waals surface area (Å²) in [6, 6.07) is 0. The third-order valence-corrected chi connectivity index (χ3v) is 16.5. The molecule has 176 valence electrons. The van der Waals surface area contributed by atoms with E-state index < -0.39 is 34.5 Å². The Hall–Kier alpha value is 0.628. The van der Waals surface area contributed by atoms with Gasteiger partial charge in [0, 0.05) is 26.4 Å². The highest BCUT2D eigenvalue weighted by molar-refractivity contribution is 6.86. The highest BCUT2D eigenvalue weighted by atomic mass is 28.5. The Kier molecular flexibility index (Phi) is 12.3. The second kappa shape index (κ2) is 12.0. The molecular formula is C19H48O6Si4. The molecule has 0 aromatic heterocycles. The first-order valence-electron chi connectivity index (χ1n) is 10.9. The van der Waals surface area contributed by atoms with Gasteiger partial charge in [-0.05, 0) is 57.0 Å². The van der Waals surface area contributed by atoms with Crippen molar-refractivity contribution >= 4 is 34.5 Å². The van der Waals surface area contributed by atoms with Crippen molar-refractivity contribution in [3.05, 3.63) is 0 Å². The van der Waals surface area contributed by atoms with E-state index >= 15 is 0 Å². The lowest BCUT2D eigenvalue weighted by Gasteiger charge is -2.42. The molecule has 0 saturated heterocycles. The Labute approximate surface area is 185 Å². The van der Waals surface area contributed by atoms with Crippen LogP contribution < -0.4 is 0 Å². The lowest BCUT2D eigenvalue weighted by molar-refractivity contribution is 0.129. The average molecular weight is 485 g/mol. The maximum atomic E-state index is 6.58. The van der Waals surface area contributed by atoms with Gasteiger partial charge in [0.1, 0.15) is 0 Å². The van der Waals surface area contributed by atoms with Crippen LogP contribution in [0.1, 0.15) is 41.5 Å².